The molecule has 0 amide bonds. The molecule has 0 aliphatic heterocycles. The van der Waals surface area contributed by atoms with E-state index in [0.29, 0.717) is 23.3 Å². The first-order chi connectivity index (χ1) is 8.49. The minimum absolute atomic E-state index is 0.242. The van der Waals surface area contributed by atoms with Gasteiger partial charge in [-0.1, -0.05) is 37.0 Å². The SMILES string of the molecule is Cc1nc(N)sc1S(=O)(=O)NCCC1CCCC1. The molecular weight excluding hydrogens is 270 g/mol. The van der Waals surface area contributed by atoms with E-state index in [9.17, 15) is 8.42 Å². The smallest absolute Gasteiger partial charge is 0.252 e. The number of nitrogens with two attached hydrogens (primary N) is 1. The highest BCUT2D eigenvalue weighted by atomic mass is 32.2. The third-order valence-electron chi connectivity index (χ3n) is 3.33. The zero-order valence-corrected chi connectivity index (χ0v) is 12.1. The Balaban J connectivity index is 1.93. The van der Waals surface area contributed by atoms with Crippen LogP contribution in [0.15, 0.2) is 4.21 Å². The number of hydrogen-bond acceptors (Lipinski definition) is 5. The molecule has 0 spiro atoms. The molecule has 102 valence electrons. The number of sulfonamides is 1. The van der Waals surface area contributed by atoms with Gasteiger partial charge in [-0.2, -0.15) is 0 Å². The third kappa shape index (κ3) is 3.21. The number of anilines is 1. The summed E-state index contributed by atoms with van der Waals surface area (Å²) >= 11 is 1.02. The molecule has 1 heterocycles. The molecule has 7 heteroatoms. The first-order valence-corrected chi connectivity index (χ1v) is 8.51. The lowest BCUT2D eigenvalue weighted by molar-refractivity contribution is 0.496. The van der Waals surface area contributed by atoms with Gasteiger partial charge in [-0.05, 0) is 19.3 Å². The van der Waals surface area contributed by atoms with Gasteiger partial charge in [0.1, 0.15) is 0 Å². The first-order valence-electron chi connectivity index (χ1n) is 6.21. The number of nitrogen functional groups attached to an aromatic ring is 1. The average molecular weight is 289 g/mol. The highest BCUT2D eigenvalue weighted by Crippen LogP contribution is 2.28. The maximum Gasteiger partial charge on any atom is 0.252 e. The number of nitrogens with zero attached hydrogens (tertiary/aromatic N) is 1. The zero-order valence-electron chi connectivity index (χ0n) is 10.5. The Morgan fingerprint density at radius 2 is 2.11 bits per heavy atom. The van der Waals surface area contributed by atoms with E-state index in [0.717, 1.165) is 17.8 Å². The van der Waals surface area contributed by atoms with Gasteiger partial charge in [-0.25, -0.2) is 18.1 Å². The van der Waals surface area contributed by atoms with Crippen molar-refractivity contribution in [1.29, 1.82) is 0 Å². The van der Waals surface area contributed by atoms with Crippen molar-refractivity contribution in [3.8, 4) is 0 Å². The van der Waals surface area contributed by atoms with E-state index in [-0.39, 0.29) is 4.21 Å². The molecule has 1 fully saturated rings. The van der Waals surface area contributed by atoms with Gasteiger partial charge in [0, 0.05) is 6.54 Å². The molecule has 18 heavy (non-hydrogen) atoms. The lowest BCUT2D eigenvalue weighted by Crippen LogP contribution is -2.25. The molecule has 0 aromatic carbocycles. The minimum atomic E-state index is -3.44. The standard InChI is InChI=1S/C11H19N3O2S2/c1-8-10(17-11(12)14-8)18(15,16)13-7-6-9-4-2-3-5-9/h9,13H,2-7H2,1H3,(H2,12,14). The summed E-state index contributed by atoms with van der Waals surface area (Å²) in [6.07, 6.45) is 5.94. The molecule has 5 nitrogen and oxygen atoms in total. The van der Waals surface area contributed by atoms with Crippen LogP contribution in [0.4, 0.5) is 5.13 Å². The van der Waals surface area contributed by atoms with E-state index >= 15 is 0 Å². The van der Waals surface area contributed by atoms with Crippen LogP contribution in [0.3, 0.4) is 0 Å². The molecule has 0 atom stereocenters. The first kappa shape index (κ1) is 13.8. The monoisotopic (exact) mass is 289 g/mol. The van der Waals surface area contributed by atoms with E-state index in [1.165, 1.54) is 25.7 Å². The van der Waals surface area contributed by atoms with E-state index in [4.69, 9.17) is 5.73 Å². The number of aromatic nitrogens is 1. The van der Waals surface area contributed by atoms with Gasteiger partial charge in [0.25, 0.3) is 10.0 Å². The van der Waals surface area contributed by atoms with Gasteiger partial charge in [-0.15, -0.1) is 0 Å². The van der Waals surface area contributed by atoms with Gasteiger partial charge in [-0.3, -0.25) is 0 Å². The van der Waals surface area contributed by atoms with E-state index < -0.39 is 10.0 Å². The predicted molar refractivity (Wildman–Crippen MR) is 73.0 cm³/mol. The number of thiazole rings is 1. The Labute approximate surface area is 112 Å². The quantitative estimate of drug-likeness (QED) is 0.867. The van der Waals surface area contributed by atoms with Gasteiger partial charge in [0.15, 0.2) is 9.34 Å². The second-order valence-corrected chi connectivity index (χ2v) is 7.75. The van der Waals surface area contributed by atoms with E-state index in [2.05, 4.69) is 9.71 Å². The molecule has 1 aliphatic rings. The third-order valence-corrected chi connectivity index (χ3v) is 6.39. The Bertz CT molecular complexity index is 504. The Morgan fingerprint density at radius 1 is 1.44 bits per heavy atom. The summed E-state index contributed by atoms with van der Waals surface area (Å²) in [6, 6.07) is 0. The van der Waals surface area contributed by atoms with Gasteiger partial charge >= 0.3 is 0 Å². The van der Waals surface area contributed by atoms with Crippen molar-refractivity contribution in [1.82, 2.24) is 9.71 Å². The molecule has 1 aliphatic carbocycles. The highest BCUT2D eigenvalue weighted by molar-refractivity contribution is 7.91. The maximum atomic E-state index is 12.0. The molecule has 2 rings (SSSR count). The van der Waals surface area contributed by atoms with Crippen molar-refractivity contribution in [2.45, 2.75) is 43.2 Å². The Morgan fingerprint density at radius 3 is 2.67 bits per heavy atom. The van der Waals surface area contributed by atoms with Crippen LogP contribution in [0.1, 0.15) is 37.8 Å². The summed E-state index contributed by atoms with van der Waals surface area (Å²) < 4.78 is 27.0. The molecular formula is C11H19N3O2S2. The van der Waals surface area contributed by atoms with Crippen LogP contribution < -0.4 is 10.5 Å². The van der Waals surface area contributed by atoms with E-state index in [1.807, 2.05) is 0 Å². The lowest BCUT2D eigenvalue weighted by atomic mass is 10.1. The summed E-state index contributed by atoms with van der Waals surface area (Å²) in [5.41, 5.74) is 6.00. The van der Waals surface area contributed by atoms with Gasteiger partial charge in [0.2, 0.25) is 0 Å². The number of hydrogen-bond donors (Lipinski definition) is 2. The fourth-order valence-electron chi connectivity index (χ4n) is 2.41. The summed E-state index contributed by atoms with van der Waals surface area (Å²) in [5.74, 6) is 0.681. The summed E-state index contributed by atoms with van der Waals surface area (Å²) in [6.45, 7) is 2.17. The van der Waals surface area contributed by atoms with Crippen molar-refractivity contribution in [3.63, 3.8) is 0 Å². The number of aryl methyl sites for hydroxylation is 1. The fraction of sp³-hybridized carbons (Fsp3) is 0.727. The van der Waals surface area contributed by atoms with Crippen LogP contribution in [0.2, 0.25) is 0 Å². The summed E-state index contributed by atoms with van der Waals surface area (Å²) in [7, 11) is -3.44. The van der Waals surface area contributed by atoms with Crippen molar-refractivity contribution in [2.75, 3.05) is 12.3 Å². The van der Waals surface area contributed by atoms with E-state index in [1.54, 1.807) is 6.92 Å². The van der Waals surface area contributed by atoms with Crippen LogP contribution in [-0.2, 0) is 10.0 Å². The van der Waals surface area contributed by atoms with Gasteiger partial charge in [0.05, 0.1) is 5.69 Å². The normalized spacial score (nSPS) is 17.4. The predicted octanol–water partition coefficient (Wildman–Crippen LogP) is 1.89. The molecule has 0 unspecified atom stereocenters. The molecule has 0 saturated heterocycles. The van der Waals surface area contributed by atoms with Crippen molar-refractivity contribution >= 4 is 26.5 Å². The Hall–Kier alpha value is -0.660. The van der Waals surface area contributed by atoms with Crippen molar-refractivity contribution < 1.29 is 8.42 Å². The van der Waals surface area contributed by atoms with Crippen LogP contribution in [0, 0.1) is 12.8 Å². The molecule has 1 aromatic rings. The fourth-order valence-corrected chi connectivity index (χ4v) is 4.80. The number of rotatable bonds is 5. The molecule has 0 radical (unpaired) electrons. The molecule has 3 N–H and O–H groups in total. The minimum Gasteiger partial charge on any atom is -0.375 e. The van der Waals surface area contributed by atoms with Crippen LogP contribution in [0.25, 0.3) is 0 Å². The molecule has 0 bridgehead atoms. The maximum absolute atomic E-state index is 12.0. The lowest BCUT2D eigenvalue weighted by Gasteiger charge is -2.09. The average Bonchev–Trinajstić information content (AvgIpc) is 2.88. The van der Waals surface area contributed by atoms with Crippen LogP contribution in [0.5, 0.6) is 0 Å². The second-order valence-electron chi connectivity index (χ2n) is 4.76. The highest BCUT2D eigenvalue weighted by Gasteiger charge is 2.22. The second kappa shape index (κ2) is 5.54. The topological polar surface area (TPSA) is 85.1 Å². The molecule has 1 aromatic heterocycles. The van der Waals surface area contributed by atoms with Crippen LogP contribution in [-0.4, -0.2) is 19.9 Å². The largest absolute Gasteiger partial charge is 0.375 e. The summed E-state index contributed by atoms with van der Waals surface area (Å²) in [5, 5.41) is 0.295. The molecule has 1 saturated carbocycles. The van der Waals surface area contributed by atoms with Crippen molar-refractivity contribution in [3.05, 3.63) is 5.69 Å². The Kier molecular flexibility index (Phi) is 4.24. The summed E-state index contributed by atoms with van der Waals surface area (Å²) in [4.78, 5) is 3.94. The van der Waals surface area contributed by atoms with Crippen LogP contribution >= 0.6 is 11.3 Å². The van der Waals surface area contributed by atoms with Gasteiger partial charge < -0.3 is 5.73 Å². The van der Waals surface area contributed by atoms with Crippen molar-refractivity contribution in [2.24, 2.45) is 5.92 Å². The zero-order chi connectivity index (χ0) is 13.2. The number of nitrogens with one attached hydrogen (secondary N) is 1.